The van der Waals surface area contributed by atoms with E-state index in [1.807, 2.05) is 27.7 Å². The summed E-state index contributed by atoms with van der Waals surface area (Å²) >= 11 is 0. The maximum absolute atomic E-state index is 11.2. The molecule has 6 nitrogen and oxygen atoms in total. The molecule has 0 heterocycles. The third-order valence-electron chi connectivity index (χ3n) is 1.81. The van der Waals surface area contributed by atoms with E-state index in [1.54, 1.807) is 7.05 Å². The lowest BCUT2D eigenvalue weighted by atomic mass is 10.1. The fraction of sp³-hybridized carbons (Fsp3) is 0.900. The number of sulfonamides is 1. The Morgan fingerprint density at radius 2 is 1.88 bits per heavy atom. The fourth-order valence-electron chi connectivity index (χ4n) is 1.31. The monoisotopic (exact) mass is 264 g/mol. The fourth-order valence-corrected chi connectivity index (χ4v) is 2.39. The molecule has 0 aliphatic rings. The summed E-state index contributed by atoms with van der Waals surface area (Å²) in [7, 11) is -1.53. The van der Waals surface area contributed by atoms with Gasteiger partial charge in [-0.25, -0.2) is 13.1 Å². The highest BCUT2D eigenvalue weighted by atomic mass is 32.2. The Labute approximate surface area is 104 Å². The van der Waals surface area contributed by atoms with Crippen LogP contribution in [0, 0.1) is 0 Å². The Morgan fingerprint density at radius 3 is 2.24 bits per heavy atom. The number of rotatable bonds is 5. The number of hydrogen-bond acceptors (Lipinski definition) is 3. The van der Waals surface area contributed by atoms with E-state index >= 15 is 0 Å². The minimum absolute atomic E-state index is 0.271. The molecule has 0 aromatic rings. The SMILES string of the molecule is CN=C(NCC(C)(C)NS(C)(=O)=O)NC(C)C. The number of hydrogen-bond donors (Lipinski definition) is 3. The van der Waals surface area contributed by atoms with Crippen LogP contribution in [0.5, 0.6) is 0 Å². The minimum atomic E-state index is -3.21. The number of nitrogens with zero attached hydrogens (tertiary/aromatic N) is 1. The smallest absolute Gasteiger partial charge is 0.209 e. The van der Waals surface area contributed by atoms with Crippen LogP contribution in [-0.4, -0.2) is 45.8 Å². The van der Waals surface area contributed by atoms with Crippen LogP contribution in [0.25, 0.3) is 0 Å². The molecule has 102 valence electrons. The van der Waals surface area contributed by atoms with E-state index in [-0.39, 0.29) is 6.04 Å². The first-order chi connectivity index (χ1) is 7.56. The Bertz CT molecular complexity index is 361. The Kier molecular flexibility index (Phi) is 5.91. The Morgan fingerprint density at radius 1 is 1.35 bits per heavy atom. The summed E-state index contributed by atoms with van der Waals surface area (Å²) in [6.07, 6.45) is 1.15. The Balaban J connectivity index is 4.35. The zero-order chi connectivity index (χ0) is 13.7. The molecule has 0 unspecified atom stereocenters. The topological polar surface area (TPSA) is 82.6 Å². The van der Waals surface area contributed by atoms with Crippen LogP contribution in [0.1, 0.15) is 27.7 Å². The highest BCUT2D eigenvalue weighted by Gasteiger charge is 2.22. The van der Waals surface area contributed by atoms with Crippen LogP contribution in [-0.2, 0) is 10.0 Å². The lowest BCUT2D eigenvalue weighted by Crippen LogP contribution is -2.53. The van der Waals surface area contributed by atoms with Gasteiger partial charge in [-0.3, -0.25) is 4.99 Å². The van der Waals surface area contributed by atoms with Gasteiger partial charge in [0, 0.05) is 25.2 Å². The van der Waals surface area contributed by atoms with Gasteiger partial charge in [0.1, 0.15) is 0 Å². The second-order valence-electron chi connectivity index (χ2n) is 4.98. The molecule has 0 aliphatic carbocycles. The molecule has 0 aliphatic heterocycles. The number of nitrogens with one attached hydrogen (secondary N) is 3. The first-order valence-corrected chi connectivity index (χ1v) is 7.41. The van der Waals surface area contributed by atoms with Crippen molar-refractivity contribution in [2.24, 2.45) is 4.99 Å². The third-order valence-corrected chi connectivity index (χ3v) is 2.73. The van der Waals surface area contributed by atoms with Crippen molar-refractivity contribution in [2.45, 2.75) is 39.3 Å². The minimum Gasteiger partial charge on any atom is -0.355 e. The molecule has 7 heteroatoms. The molecule has 0 saturated carbocycles. The molecule has 0 saturated heterocycles. The van der Waals surface area contributed by atoms with E-state index in [1.165, 1.54) is 0 Å². The summed E-state index contributed by atoms with van der Waals surface area (Å²) in [5.41, 5.74) is -0.567. The number of guanidine groups is 1. The van der Waals surface area contributed by atoms with Crippen molar-refractivity contribution in [3.63, 3.8) is 0 Å². The zero-order valence-corrected chi connectivity index (χ0v) is 12.3. The molecular formula is C10H24N4O2S. The molecule has 0 rings (SSSR count). The Hall–Kier alpha value is -0.820. The van der Waals surface area contributed by atoms with E-state index in [2.05, 4.69) is 20.3 Å². The van der Waals surface area contributed by atoms with E-state index in [0.717, 1.165) is 6.26 Å². The molecule has 17 heavy (non-hydrogen) atoms. The van der Waals surface area contributed by atoms with Crippen molar-refractivity contribution >= 4 is 16.0 Å². The summed E-state index contributed by atoms with van der Waals surface area (Å²) in [5.74, 6) is 0.656. The normalized spacial score (nSPS) is 13.9. The number of aliphatic imine (C=N–C) groups is 1. The first-order valence-electron chi connectivity index (χ1n) is 5.52. The third kappa shape index (κ3) is 8.93. The standard InChI is InChI=1S/C10H24N4O2S/c1-8(2)13-9(11-5)12-7-10(3,4)14-17(6,15)16/h8,14H,7H2,1-6H3,(H2,11,12,13). The molecule has 0 aromatic heterocycles. The molecule has 0 atom stereocenters. The summed E-state index contributed by atoms with van der Waals surface area (Å²) < 4.78 is 24.9. The molecular weight excluding hydrogens is 240 g/mol. The summed E-state index contributed by atoms with van der Waals surface area (Å²) in [5, 5.41) is 6.20. The van der Waals surface area contributed by atoms with E-state index in [0.29, 0.717) is 12.5 Å². The van der Waals surface area contributed by atoms with Crippen LogP contribution in [0.4, 0.5) is 0 Å². The molecule has 3 N–H and O–H groups in total. The van der Waals surface area contributed by atoms with Gasteiger partial charge in [0.05, 0.1) is 6.26 Å². The quantitative estimate of drug-likeness (QED) is 0.478. The van der Waals surface area contributed by atoms with E-state index in [9.17, 15) is 8.42 Å². The largest absolute Gasteiger partial charge is 0.355 e. The predicted octanol–water partition coefficient (Wildman–Crippen LogP) is -0.112. The summed E-state index contributed by atoms with van der Waals surface area (Å²) in [6, 6.07) is 0.271. The molecule has 0 fully saturated rings. The zero-order valence-electron chi connectivity index (χ0n) is 11.5. The second kappa shape index (κ2) is 6.20. The second-order valence-corrected chi connectivity index (χ2v) is 6.73. The van der Waals surface area contributed by atoms with Crippen molar-refractivity contribution in [2.75, 3.05) is 19.8 Å². The van der Waals surface area contributed by atoms with Gasteiger partial charge >= 0.3 is 0 Å². The van der Waals surface area contributed by atoms with E-state index < -0.39 is 15.6 Å². The average Bonchev–Trinajstić information content (AvgIpc) is 2.07. The van der Waals surface area contributed by atoms with Crippen LogP contribution >= 0.6 is 0 Å². The highest BCUT2D eigenvalue weighted by Crippen LogP contribution is 2.01. The van der Waals surface area contributed by atoms with Gasteiger partial charge in [-0.1, -0.05) is 0 Å². The molecule has 0 amide bonds. The van der Waals surface area contributed by atoms with Gasteiger partial charge in [0.15, 0.2) is 5.96 Å². The van der Waals surface area contributed by atoms with E-state index in [4.69, 9.17) is 0 Å². The summed E-state index contributed by atoms with van der Waals surface area (Å²) in [6.45, 7) is 8.08. The van der Waals surface area contributed by atoms with Gasteiger partial charge in [-0.05, 0) is 27.7 Å². The van der Waals surface area contributed by atoms with Crippen LogP contribution in [0.2, 0.25) is 0 Å². The van der Waals surface area contributed by atoms with Crippen LogP contribution in [0.15, 0.2) is 4.99 Å². The van der Waals surface area contributed by atoms with Gasteiger partial charge in [-0.15, -0.1) is 0 Å². The van der Waals surface area contributed by atoms with Crippen molar-refractivity contribution in [1.29, 1.82) is 0 Å². The lowest BCUT2D eigenvalue weighted by molar-refractivity contribution is 0.445. The summed E-state index contributed by atoms with van der Waals surface area (Å²) in [4.78, 5) is 4.04. The van der Waals surface area contributed by atoms with Gasteiger partial charge in [0.2, 0.25) is 10.0 Å². The maximum atomic E-state index is 11.2. The molecule has 0 radical (unpaired) electrons. The average molecular weight is 264 g/mol. The van der Waals surface area contributed by atoms with Gasteiger partial charge in [-0.2, -0.15) is 0 Å². The van der Waals surface area contributed by atoms with Crippen molar-refractivity contribution in [1.82, 2.24) is 15.4 Å². The van der Waals surface area contributed by atoms with Crippen molar-refractivity contribution < 1.29 is 8.42 Å². The highest BCUT2D eigenvalue weighted by molar-refractivity contribution is 7.88. The molecule has 0 aromatic carbocycles. The first kappa shape index (κ1) is 16.2. The van der Waals surface area contributed by atoms with Crippen molar-refractivity contribution in [3.8, 4) is 0 Å². The lowest BCUT2D eigenvalue weighted by Gasteiger charge is -2.26. The van der Waals surface area contributed by atoms with Gasteiger partial charge < -0.3 is 10.6 Å². The predicted molar refractivity (Wildman–Crippen MR) is 71.7 cm³/mol. The van der Waals surface area contributed by atoms with Gasteiger partial charge in [0.25, 0.3) is 0 Å². The maximum Gasteiger partial charge on any atom is 0.209 e. The van der Waals surface area contributed by atoms with Crippen LogP contribution < -0.4 is 15.4 Å². The molecule has 0 bridgehead atoms. The van der Waals surface area contributed by atoms with Crippen LogP contribution in [0.3, 0.4) is 0 Å². The van der Waals surface area contributed by atoms with Crippen molar-refractivity contribution in [3.05, 3.63) is 0 Å². The molecule has 0 spiro atoms.